The molecule has 1 heterocycles. The van der Waals surface area contributed by atoms with E-state index in [1.54, 1.807) is 36.7 Å². The van der Waals surface area contributed by atoms with E-state index in [1.165, 1.54) is 23.5 Å². The number of nitrogens with one attached hydrogen (secondary N) is 2. The Morgan fingerprint density at radius 1 is 0.565 bits per heavy atom. The number of thioether (sulfide) groups is 2. The third kappa shape index (κ3) is 9.88. The van der Waals surface area contributed by atoms with Gasteiger partial charge in [-0.25, -0.2) is 9.97 Å². The Morgan fingerprint density at radius 3 is 1.43 bits per heavy atom. The number of aromatic nitrogens is 2. The monoisotopic (exact) mass is 726 g/mol. The topological polar surface area (TPSA) is 84.0 Å². The van der Waals surface area contributed by atoms with Gasteiger partial charge in [0.2, 0.25) is 11.8 Å². The summed E-state index contributed by atoms with van der Waals surface area (Å²) in [6, 6.07) is 25.6. The molecule has 234 valence electrons. The first-order chi connectivity index (χ1) is 22.2. The van der Waals surface area contributed by atoms with Gasteiger partial charge in [-0.1, -0.05) is 70.7 Å². The zero-order valence-corrected chi connectivity index (χ0v) is 28.8. The molecule has 0 bridgehead atoms. The van der Waals surface area contributed by atoms with Gasteiger partial charge in [-0.2, -0.15) is 0 Å². The van der Waals surface area contributed by atoms with Crippen molar-refractivity contribution in [3.8, 4) is 22.5 Å². The maximum absolute atomic E-state index is 12.4. The Morgan fingerprint density at radius 2 is 1.00 bits per heavy atom. The molecular weight excluding hydrogens is 702 g/mol. The summed E-state index contributed by atoms with van der Waals surface area (Å²) in [5, 5.41) is 8.17. The molecule has 0 atom stereocenters. The molecule has 4 aromatic carbocycles. The van der Waals surface area contributed by atoms with Gasteiger partial charge in [-0.05, 0) is 77.4 Å². The smallest absolute Gasteiger partial charge is 0.234 e. The Hall–Kier alpha value is -3.24. The summed E-state index contributed by atoms with van der Waals surface area (Å²) in [5.41, 5.74) is 5.85. The number of carbonyl (C=O) groups excluding carboxylic acids is 2. The fourth-order valence-electron chi connectivity index (χ4n) is 4.25. The van der Waals surface area contributed by atoms with E-state index in [1.807, 2.05) is 60.7 Å². The second-order valence-electron chi connectivity index (χ2n) is 10.0. The Balaban J connectivity index is 1.07. The Kier molecular flexibility index (Phi) is 12.3. The summed E-state index contributed by atoms with van der Waals surface area (Å²) in [6.07, 6.45) is 3.52. The largest absolute Gasteiger partial charge is 0.325 e. The number of hydrogen-bond acceptors (Lipinski definition) is 6. The number of carbonyl (C=O) groups is 2. The van der Waals surface area contributed by atoms with E-state index < -0.39 is 0 Å². The first kappa shape index (κ1) is 34.1. The molecule has 5 aromatic rings. The number of anilines is 2. The molecule has 0 fully saturated rings. The standard InChI is InChI=1S/C34H26Cl4N4O2S2/c35-26-7-1-23(30(37)13-26)17-45-19-32(43)41-28-9-3-21(4-10-28)25-15-39-34(40-16-25)22-5-11-29(12-6-22)42-33(44)20-46-18-24-2-8-27(36)14-31(24)38/h1-16H,17-20H2,(H,41,43)(H,42,44). The van der Waals surface area contributed by atoms with Crippen molar-refractivity contribution in [2.24, 2.45) is 0 Å². The molecule has 0 radical (unpaired) electrons. The van der Waals surface area contributed by atoms with E-state index in [0.717, 1.165) is 27.8 Å². The molecule has 46 heavy (non-hydrogen) atoms. The van der Waals surface area contributed by atoms with Crippen LogP contribution in [-0.2, 0) is 21.1 Å². The van der Waals surface area contributed by atoms with E-state index in [4.69, 9.17) is 46.4 Å². The van der Waals surface area contributed by atoms with Crippen LogP contribution in [0.25, 0.3) is 22.5 Å². The van der Waals surface area contributed by atoms with Gasteiger partial charge in [0, 0.05) is 66.5 Å². The number of hydrogen-bond donors (Lipinski definition) is 2. The van der Waals surface area contributed by atoms with Gasteiger partial charge in [0.15, 0.2) is 5.82 Å². The van der Waals surface area contributed by atoms with Gasteiger partial charge < -0.3 is 10.6 Å². The minimum Gasteiger partial charge on any atom is -0.325 e. The average molecular weight is 729 g/mol. The van der Waals surface area contributed by atoms with Gasteiger partial charge in [0.05, 0.1) is 11.5 Å². The molecule has 0 aliphatic rings. The zero-order chi connectivity index (χ0) is 32.5. The highest BCUT2D eigenvalue weighted by Crippen LogP contribution is 2.27. The van der Waals surface area contributed by atoms with Crippen molar-refractivity contribution in [1.29, 1.82) is 0 Å². The molecule has 0 aliphatic heterocycles. The molecule has 5 rings (SSSR count). The zero-order valence-electron chi connectivity index (χ0n) is 24.1. The van der Waals surface area contributed by atoms with Gasteiger partial charge in [-0.3, -0.25) is 9.59 Å². The predicted molar refractivity (Wildman–Crippen MR) is 195 cm³/mol. The van der Waals surface area contributed by atoms with Crippen LogP contribution >= 0.6 is 69.9 Å². The number of rotatable bonds is 12. The normalized spacial score (nSPS) is 10.9. The fraction of sp³-hybridized carbons (Fsp3) is 0.118. The van der Waals surface area contributed by atoms with Crippen LogP contribution in [0.2, 0.25) is 20.1 Å². The molecule has 0 unspecified atom stereocenters. The highest BCUT2D eigenvalue weighted by molar-refractivity contribution is 7.99. The summed E-state index contributed by atoms with van der Waals surface area (Å²) in [6.45, 7) is 0. The summed E-state index contributed by atoms with van der Waals surface area (Å²) < 4.78 is 0. The third-order valence-electron chi connectivity index (χ3n) is 6.59. The molecule has 0 spiro atoms. The van der Waals surface area contributed by atoms with Crippen molar-refractivity contribution < 1.29 is 9.59 Å². The maximum atomic E-state index is 12.4. The molecule has 1 aromatic heterocycles. The van der Waals surface area contributed by atoms with Crippen molar-refractivity contribution in [3.63, 3.8) is 0 Å². The summed E-state index contributed by atoms with van der Waals surface area (Å²) in [4.78, 5) is 33.9. The Labute approximate surface area is 295 Å². The van der Waals surface area contributed by atoms with Crippen LogP contribution in [0.5, 0.6) is 0 Å². The number of halogens is 4. The predicted octanol–water partition coefficient (Wildman–Crippen LogP) is 10.2. The van der Waals surface area contributed by atoms with Crippen LogP contribution in [0.3, 0.4) is 0 Å². The third-order valence-corrected chi connectivity index (χ3v) is 9.73. The lowest BCUT2D eigenvalue weighted by Crippen LogP contribution is -2.14. The molecule has 6 nitrogen and oxygen atoms in total. The van der Waals surface area contributed by atoms with Crippen LogP contribution in [0.4, 0.5) is 11.4 Å². The number of amides is 2. The molecule has 2 amide bonds. The molecule has 0 saturated carbocycles. The quantitative estimate of drug-likeness (QED) is 0.133. The molecule has 0 saturated heterocycles. The molecule has 0 aliphatic carbocycles. The van der Waals surface area contributed by atoms with Gasteiger partial charge >= 0.3 is 0 Å². The van der Waals surface area contributed by atoms with Gasteiger partial charge in [0.25, 0.3) is 0 Å². The van der Waals surface area contributed by atoms with Crippen LogP contribution in [0.15, 0.2) is 97.3 Å². The lowest BCUT2D eigenvalue weighted by molar-refractivity contribution is -0.114. The fourth-order valence-corrected chi connectivity index (χ4v) is 7.03. The van der Waals surface area contributed by atoms with Crippen LogP contribution in [-0.4, -0.2) is 33.3 Å². The number of benzene rings is 4. The summed E-state index contributed by atoms with van der Waals surface area (Å²) >= 11 is 27.2. The first-order valence-electron chi connectivity index (χ1n) is 13.9. The van der Waals surface area contributed by atoms with E-state index in [0.29, 0.717) is 60.3 Å². The lowest BCUT2D eigenvalue weighted by atomic mass is 10.1. The minimum absolute atomic E-state index is 0.0977. The van der Waals surface area contributed by atoms with Gasteiger partial charge in [0.1, 0.15) is 0 Å². The molecule has 12 heteroatoms. The second-order valence-corrected chi connectivity index (χ2v) is 13.7. The first-order valence-corrected chi connectivity index (χ1v) is 17.7. The van der Waals surface area contributed by atoms with Crippen LogP contribution in [0, 0.1) is 0 Å². The van der Waals surface area contributed by atoms with Crippen molar-refractivity contribution in [3.05, 3.63) is 129 Å². The van der Waals surface area contributed by atoms with Crippen molar-refractivity contribution >= 4 is 93.1 Å². The van der Waals surface area contributed by atoms with Crippen molar-refractivity contribution in [2.45, 2.75) is 11.5 Å². The molecule has 2 N–H and O–H groups in total. The van der Waals surface area contributed by atoms with Gasteiger partial charge in [-0.15, -0.1) is 23.5 Å². The number of nitrogens with zero attached hydrogens (tertiary/aromatic N) is 2. The lowest BCUT2D eigenvalue weighted by Gasteiger charge is -2.09. The highest BCUT2D eigenvalue weighted by Gasteiger charge is 2.09. The Bertz CT molecular complexity index is 1690. The average Bonchev–Trinajstić information content (AvgIpc) is 3.04. The van der Waals surface area contributed by atoms with E-state index in [2.05, 4.69) is 20.6 Å². The SMILES string of the molecule is O=C(CSCc1ccc(Cl)cc1Cl)Nc1ccc(-c2cnc(-c3ccc(NC(=O)CSCc4ccc(Cl)cc4Cl)cc3)nc2)cc1. The van der Waals surface area contributed by atoms with Crippen molar-refractivity contribution in [1.82, 2.24) is 9.97 Å². The molecular formula is C34H26Cl4N4O2S2. The van der Waals surface area contributed by atoms with E-state index in [-0.39, 0.29) is 11.8 Å². The highest BCUT2D eigenvalue weighted by atomic mass is 35.5. The minimum atomic E-state index is -0.104. The van der Waals surface area contributed by atoms with Crippen LogP contribution in [0.1, 0.15) is 11.1 Å². The summed E-state index contributed by atoms with van der Waals surface area (Å²) in [5.74, 6) is 2.17. The van der Waals surface area contributed by atoms with E-state index in [9.17, 15) is 9.59 Å². The second kappa shape index (κ2) is 16.5. The maximum Gasteiger partial charge on any atom is 0.234 e. The van der Waals surface area contributed by atoms with Crippen molar-refractivity contribution in [2.75, 3.05) is 22.1 Å². The van der Waals surface area contributed by atoms with E-state index >= 15 is 0 Å². The summed E-state index contributed by atoms with van der Waals surface area (Å²) in [7, 11) is 0. The van der Waals surface area contributed by atoms with Crippen LogP contribution < -0.4 is 10.6 Å².